The Balaban J connectivity index is -0.0000000457. The van der Waals surface area contributed by atoms with E-state index in [0.717, 1.165) is 0 Å². The Kier molecular flexibility index (Phi) is 17.7. The second kappa shape index (κ2) is 9.08. The topological polar surface area (TPSA) is 164 Å². The normalized spacial score (nSPS) is 9.75. The van der Waals surface area contributed by atoms with Gasteiger partial charge in [-0.15, -0.1) is 0 Å². The van der Waals surface area contributed by atoms with Gasteiger partial charge in [0.2, 0.25) is 10.4 Å². The molecule has 0 atom stereocenters. The molecule has 0 heterocycles. The maximum Gasteiger partial charge on any atom is 3.00 e. The Hall–Kier alpha value is 1.51. The van der Waals surface area contributed by atoms with Crippen LogP contribution in [0.15, 0.2) is 0 Å². The van der Waals surface area contributed by atoms with Gasteiger partial charge in [-0.3, -0.25) is 4.55 Å². The molecule has 0 spiro atoms. The monoisotopic (exact) mass is 242 g/mol. The molecule has 1 N–H and O–H groups in total. The third-order valence-electron chi connectivity index (χ3n) is 0. The fraction of sp³-hybridized carbons (Fsp3) is 0. The van der Waals surface area contributed by atoms with Gasteiger partial charge in [0.05, 0.1) is 0 Å². The van der Waals surface area contributed by atoms with Crippen molar-refractivity contribution in [1.82, 2.24) is 0 Å². The van der Waals surface area contributed by atoms with Crippen molar-refractivity contribution in [1.29, 1.82) is 0 Å². The van der Waals surface area contributed by atoms with E-state index in [4.69, 9.17) is 36.8 Å². The van der Waals surface area contributed by atoms with Gasteiger partial charge in [-0.2, -0.15) is 7.82 Å². The Morgan fingerprint density at radius 1 is 1.17 bits per heavy atom. The minimum absolute atomic E-state index is 0. The van der Waals surface area contributed by atoms with Gasteiger partial charge in [0, 0.05) is 0 Å². The molecule has 0 aromatic rings. The van der Waals surface area contributed by atoms with E-state index in [0.29, 0.717) is 0 Å². The van der Waals surface area contributed by atoms with E-state index in [1.807, 2.05) is 0 Å². The van der Waals surface area contributed by atoms with Crippen LogP contribution in [0.2, 0.25) is 0 Å². The SMILES string of the molecule is O=P([O-])([O-])[O-].O=S(=O)([O-])O.[Al+3].[Na+]. The molecule has 64 valence electrons. The second-order valence-electron chi connectivity index (χ2n) is 0.875. The predicted molar refractivity (Wildman–Crippen MR) is 25.7 cm³/mol. The Morgan fingerprint density at radius 2 is 1.17 bits per heavy atom. The van der Waals surface area contributed by atoms with Crippen molar-refractivity contribution in [2.75, 3.05) is 0 Å². The number of phosphoric acid groups is 1. The molecule has 0 radical (unpaired) electrons. The molecule has 0 unspecified atom stereocenters. The third-order valence-corrected chi connectivity index (χ3v) is 0. The van der Waals surface area contributed by atoms with Crippen LogP contribution < -0.4 is 44.2 Å². The van der Waals surface area contributed by atoms with Crippen molar-refractivity contribution in [2.45, 2.75) is 0 Å². The Morgan fingerprint density at radius 3 is 1.17 bits per heavy atom. The van der Waals surface area contributed by atoms with Crippen LogP contribution in [-0.2, 0) is 15.0 Å². The first-order chi connectivity index (χ1) is 4.00. The molecule has 0 aliphatic heterocycles. The molecule has 0 aliphatic carbocycles. The molecule has 0 aliphatic rings. The van der Waals surface area contributed by atoms with E-state index in [1.165, 1.54) is 0 Å². The largest absolute Gasteiger partial charge is 3.00 e. The molecule has 0 fully saturated rings. The van der Waals surface area contributed by atoms with E-state index >= 15 is 0 Å². The fourth-order valence-corrected chi connectivity index (χ4v) is 0. The van der Waals surface area contributed by atoms with E-state index < -0.39 is 18.2 Å². The third kappa shape index (κ3) is 556. The number of hydrogen-bond donors (Lipinski definition) is 1. The fourth-order valence-electron chi connectivity index (χ4n) is 0. The van der Waals surface area contributed by atoms with Crippen molar-refractivity contribution < 1.29 is 66.3 Å². The summed E-state index contributed by atoms with van der Waals surface area (Å²) >= 11 is 0. The van der Waals surface area contributed by atoms with Gasteiger partial charge < -0.3 is 23.8 Å². The quantitative estimate of drug-likeness (QED) is 0.189. The summed E-state index contributed by atoms with van der Waals surface area (Å²) in [4.78, 5) is 25.6. The molecule has 12 heavy (non-hydrogen) atoms. The average molecular weight is 242 g/mol. The maximum atomic E-state index is 8.63. The molecular weight excluding hydrogens is 241 g/mol. The number of hydrogen-bond acceptors (Lipinski definition) is 7. The van der Waals surface area contributed by atoms with Crippen LogP contribution in [0.25, 0.3) is 0 Å². The first-order valence-corrected chi connectivity index (χ1v) is 4.24. The molecule has 0 bridgehead atoms. The molecule has 0 aromatic heterocycles. The van der Waals surface area contributed by atoms with Crippen molar-refractivity contribution in [3.8, 4) is 0 Å². The summed E-state index contributed by atoms with van der Waals surface area (Å²) in [5, 5.41) is 0. The molecule has 0 saturated carbocycles. The van der Waals surface area contributed by atoms with E-state index in [2.05, 4.69) is 0 Å². The molecule has 0 amide bonds. The van der Waals surface area contributed by atoms with Crippen LogP contribution in [-0.4, -0.2) is 34.9 Å². The Labute approximate surface area is 101 Å². The standard InChI is InChI=1S/Al.Na.H3O4P.H2O4S/c;;2*1-5(2,3)4/h;;(H3,1,2,3,4);(H2,1,2,3,4)/q+3;+1;;/p-4. The maximum absolute atomic E-state index is 8.63. The van der Waals surface area contributed by atoms with Crippen LogP contribution >= 0.6 is 7.82 Å². The van der Waals surface area contributed by atoms with E-state index in [9.17, 15) is 0 Å². The first-order valence-electron chi connectivity index (χ1n) is 1.41. The summed E-state index contributed by atoms with van der Waals surface area (Å²) in [6.07, 6.45) is 0. The molecule has 0 rings (SSSR count). The van der Waals surface area contributed by atoms with Gasteiger partial charge >= 0.3 is 46.9 Å². The molecule has 12 heteroatoms. The number of rotatable bonds is 0. The zero-order chi connectivity index (χ0) is 9.00. The summed E-state index contributed by atoms with van der Waals surface area (Å²) < 4.78 is 41.4. The summed E-state index contributed by atoms with van der Waals surface area (Å²) in [6, 6.07) is 0. The van der Waals surface area contributed by atoms with Crippen LogP contribution in [0, 0.1) is 0 Å². The second-order valence-corrected chi connectivity index (χ2v) is 2.62. The van der Waals surface area contributed by atoms with E-state index in [-0.39, 0.29) is 46.9 Å². The van der Waals surface area contributed by atoms with Crippen molar-refractivity contribution >= 4 is 35.6 Å². The van der Waals surface area contributed by atoms with Gasteiger partial charge in [-0.25, -0.2) is 8.42 Å². The summed E-state index contributed by atoms with van der Waals surface area (Å²) in [5.74, 6) is 0. The summed E-state index contributed by atoms with van der Waals surface area (Å²) in [5.41, 5.74) is 0. The minimum Gasteiger partial charge on any atom is -0.822 e. The molecule has 8 nitrogen and oxygen atoms in total. The van der Waals surface area contributed by atoms with Crippen LogP contribution in [0.3, 0.4) is 0 Å². The molecule has 0 saturated heterocycles. The zero-order valence-corrected chi connectivity index (χ0v) is 10.6. The summed E-state index contributed by atoms with van der Waals surface area (Å²) in [6.45, 7) is 0. The smallest absolute Gasteiger partial charge is 0.822 e. The van der Waals surface area contributed by atoms with E-state index in [1.54, 1.807) is 0 Å². The van der Waals surface area contributed by atoms with Crippen molar-refractivity contribution in [3.63, 3.8) is 0 Å². The van der Waals surface area contributed by atoms with Gasteiger partial charge in [0.25, 0.3) is 0 Å². The van der Waals surface area contributed by atoms with Gasteiger partial charge in [0.1, 0.15) is 0 Å². The van der Waals surface area contributed by atoms with Crippen molar-refractivity contribution in [2.24, 2.45) is 0 Å². The first kappa shape index (κ1) is 23.4. The van der Waals surface area contributed by atoms with Crippen LogP contribution in [0.4, 0.5) is 0 Å². The molecular formula is HAlNaO8PS. The van der Waals surface area contributed by atoms with Crippen LogP contribution in [0.1, 0.15) is 0 Å². The van der Waals surface area contributed by atoms with Gasteiger partial charge in [-0.1, -0.05) is 0 Å². The summed E-state index contributed by atoms with van der Waals surface area (Å²) in [7, 11) is -10.3. The van der Waals surface area contributed by atoms with Crippen LogP contribution in [0.5, 0.6) is 0 Å². The minimum atomic E-state index is -5.39. The Bertz CT molecular complexity index is 197. The van der Waals surface area contributed by atoms with Gasteiger partial charge in [-0.05, 0) is 0 Å². The predicted octanol–water partition coefficient (Wildman–Crippen LogP) is -7.20. The molecule has 0 aromatic carbocycles. The van der Waals surface area contributed by atoms with Crippen molar-refractivity contribution in [3.05, 3.63) is 0 Å². The average Bonchev–Trinajstić information content (AvgIpc) is 1.12. The zero-order valence-electron chi connectivity index (χ0n) is 5.74. The van der Waals surface area contributed by atoms with Gasteiger partial charge in [0.15, 0.2) is 0 Å².